The summed E-state index contributed by atoms with van der Waals surface area (Å²) in [6, 6.07) is 13.7. The van der Waals surface area contributed by atoms with E-state index in [2.05, 4.69) is 9.97 Å². The lowest BCUT2D eigenvalue weighted by atomic mass is 10.1. The Hall–Kier alpha value is -2.75. The molecule has 1 aromatic carbocycles. The van der Waals surface area contributed by atoms with Crippen LogP contribution in [-0.4, -0.2) is 22.5 Å². The van der Waals surface area contributed by atoms with Crippen molar-refractivity contribution in [3.8, 4) is 11.1 Å². The van der Waals surface area contributed by atoms with E-state index in [9.17, 15) is 4.79 Å². The van der Waals surface area contributed by atoms with Gasteiger partial charge in [-0.3, -0.25) is 0 Å². The van der Waals surface area contributed by atoms with Crippen molar-refractivity contribution < 1.29 is 9.53 Å². The first-order chi connectivity index (χ1) is 10.3. The van der Waals surface area contributed by atoms with E-state index >= 15 is 0 Å². The van der Waals surface area contributed by atoms with E-state index in [1.54, 1.807) is 19.2 Å². The lowest BCUT2D eigenvalue weighted by molar-refractivity contribution is 0.0526. The fourth-order valence-corrected chi connectivity index (χ4v) is 2.14. The summed E-state index contributed by atoms with van der Waals surface area (Å²) >= 11 is 0. The Kier molecular flexibility index (Phi) is 3.60. The Bertz CT molecular complexity index is 785. The first-order valence-electron chi connectivity index (χ1n) is 6.76. The van der Waals surface area contributed by atoms with Crippen LogP contribution < -0.4 is 0 Å². The van der Waals surface area contributed by atoms with Gasteiger partial charge in [0, 0.05) is 23.3 Å². The summed E-state index contributed by atoms with van der Waals surface area (Å²) in [5.74, 6) is -0.364. The molecule has 0 saturated heterocycles. The predicted octanol–water partition coefficient (Wildman–Crippen LogP) is 3.47. The van der Waals surface area contributed by atoms with Crippen LogP contribution in [-0.2, 0) is 4.74 Å². The number of carbonyl (C=O) groups is 1. The summed E-state index contributed by atoms with van der Waals surface area (Å²) in [6.07, 6.45) is 3.28. The third-order valence-corrected chi connectivity index (χ3v) is 3.15. The SMILES string of the molecule is CCOC(=O)c1cnc2ncc(-c3ccccc3)cc2c1. The molecule has 0 bridgehead atoms. The van der Waals surface area contributed by atoms with Gasteiger partial charge in [0.2, 0.25) is 0 Å². The average molecular weight is 278 g/mol. The summed E-state index contributed by atoms with van der Waals surface area (Å²) in [5, 5.41) is 0.821. The zero-order valence-corrected chi connectivity index (χ0v) is 11.6. The molecule has 0 aliphatic heterocycles. The van der Waals surface area contributed by atoms with Crippen molar-refractivity contribution >= 4 is 17.0 Å². The molecule has 21 heavy (non-hydrogen) atoms. The molecule has 0 amide bonds. The molecule has 4 nitrogen and oxygen atoms in total. The normalized spacial score (nSPS) is 10.5. The van der Waals surface area contributed by atoms with Gasteiger partial charge in [-0.1, -0.05) is 30.3 Å². The number of fused-ring (bicyclic) bond motifs is 1. The maximum absolute atomic E-state index is 11.8. The molecule has 0 fully saturated rings. The zero-order valence-electron chi connectivity index (χ0n) is 11.6. The fourth-order valence-electron chi connectivity index (χ4n) is 2.14. The highest BCUT2D eigenvalue weighted by molar-refractivity contribution is 5.93. The molecule has 0 N–H and O–H groups in total. The van der Waals surface area contributed by atoms with Crippen LogP contribution in [0.1, 0.15) is 17.3 Å². The number of pyridine rings is 2. The van der Waals surface area contributed by atoms with Crippen molar-refractivity contribution in [1.29, 1.82) is 0 Å². The number of benzene rings is 1. The third kappa shape index (κ3) is 2.74. The van der Waals surface area contributed by atoms with Gasteiger partial charge in [-0.2, -0.15) is 0 Å². The molecular formula is C17H14N2O2. The number of rotatable bonds is 3. The van der Waals surface area contributed by atoms with Crippen LogP contribution in [0.2, 0.25) is 0 Å². The van der Waals surface area contributed by atoms with Gasteiger partial charge in [0.05, 0.1) is 12.2 Å². The van der Waals surface area contributed by atoms with Crippen LogP contribution in [0.15, 0.2) is 54.9 Å². The Morgan fingerprint density at radius 2 is 1.81 bits per heavy atom. The maximum Gasteiger partial charge on any atom is 0.339 e. The van der Waals surface area contributed by atoms with E-state index in [4.69, 9.17) is 4.74 Å². The molecule has 3 aromatic rings. The highest BCUT2D eigenvalue weighted by Gasteiger charge is 2.09. The molecule has 2 aromatic heterocycles. The second kappa shape index (κ2) is 5.71. The van der Waals surface area contributed by atoms with Crippen LogP contribution in [0.3, 0.4) is 0 Å². The molecule has 104 valence electrons. The number of esters is 1. The van der Waals surface area contributed by atoms with Crippen molar-refractivity contribution in [1.82, 2.24) is 9.97 Å². The standard InChI is InChI=1S/C17H14N2O2/c1-2-21-17(20)15-9-13-8-14(10-18-16(13)19-11-15)12-6-4-3-5-7-12/h3-11H,2H2,1H3. The van der Waals surface area contributed by atoms with Gasteiger partial charge in [0.1, 0.15) is 0 Å². The Balaban J connectivity index is 2.05. The average Bonchev–Trinajstić information content (AvgIpc) is 2.55. The van der Waals surface area contributed by atoms with Gasteiger partial charge < -0.3 is 4.74 Å². The Morgan fingerprint density at radius 3 is 2.57 bits per heavy atom. The maximum atomic E-state index is 11.8. The monoisotopic (exact) mass is 278 g/mol. The molecule has 4 heteroatoms. The van der Waals surface area contributed by atoms with Crippen LogP contribution in [0, 0.1) is 0 Å². The lowest BCUT2D eigenvalue weighted by Crippen LogP contribution is -2.05. The smallest absolute Gasteiger partial charge is 0.339 e. The van der Waals surface area contributed by atoms with Gasteiger partial charge in [0.25, 0.3) is 0 Å². The van der Waals surface area contributed by atoms with Crippen molar-refractivity contribution in [3.63, 3.8) is 0 Å². The molecule has 0 radical (unpaired) electrons. The highest BCUT2D eigenvalue weighted by Crippen LogP contribution is 2.22. The number of nitrogens with zero attached hydrogens (tertiary/aromatic N) is 2. The second-order valence-electron chi connectivity index (χ2n) is 4.58. The fraction of sp³-hybridized carbons (Fsp3) is 0.118. The van der Waals surface area contributed by atoms with E-state index in [-0.39, 0.29) is 5.97 Å². The van der Waals surface area contributed by atoms with E-state index in [1.807, 2.05) is 36.4 Å². The number of hydrogen-bond acceptors (Lipinski definition) is 4. The minimum atomic E-state index is -0.364. The number of carbonyl (C=O) groups excluding carboxylic acids is 1. The van der Waals surface area contributed by atoms with Gasteiger partial charge in [0.15, 0.2) is 5.65 Å². The largest absolute Gasteiger partial charge is 0.462 e. The zero-order chi connectivity index (χ0) is 14.7. The summed E-state index contributed by atoms with van der Waals surface area (Å²) in [7, 11) is 0. The van der Waals surface area contributed by atoms with E-state index in [1.165, 1.54) is 6.20 Å². The molecule has 3 rings (SSSR count). The molecule has 0 atom stereocenters. The van der Waals surface area contributed by atoms with Crippen molar-refractivity contribution in [2.24, 2.45) is 0 Å². The van der Waals surface area contributed by atoms with E-state index in [0.717, 1.165) is 16.5 Å². The first kappa shape index (κ1) is 13.2. The highest BCUT2D eigenvalue weighted by atomic mass is 16.5. The summed E-state index contributed by atoms with van der Waals surface area (Å²) < 4.78 is 4.99. The van der Waals surface area contributed by atoms with E-state index < -0.39 is 0 Å². The predicted molar refractivity (Wildman–Crippen MR) is 80.9 cm³/mol. The Morgan fingerprint density at radius 1 is 1.05 bits per heavy atom. The van der Waals surface area contributed by atoms with Crippen molar-refractivity contribution in [3.05, 3.63) is 60.4 Å². The van der Waals surface area contributed by atoms with Gasteiger partial charge in [-0.25, -0.2) is 14.8 Å². The summed E-state index contributed by atoms with van der Waals surface area (Å²) in [5.41, 5.74) is 3.12. The number of hydrogen-bond donors (Lipinski definition) is 0. The molecule has 2 heterocycles. The van der Waals surface area contributed by atoms with E-state index in [0.29, 0.717) is 17.8 Å². The van der Waals surface area contributed by atoms with Gasteiger partial charge in [-0.15, -0.1) is 0 Å². The molecule has 0 saturated carbocycles. The summed E-state index contributed by atoms with van der Waals surface area (Å²) in [4.78, 5) is 20.3. The molecule has 0 aliphatic rings. The first-order valence-corrected chi connectivity index (χ1v) is 6.76. The molecular weight excluding hydrogens is 264 g/mol. The number of ether oxygens (including phenoxy) is 1. The quantitative estimate of drug-likeness (QED) is 0.688. The van der Waals surface area contributed by atoms with Gasteiger partial charge in [-0.05, 0) is 24.6 Å². The number of aromatic nitrogens is 2. The molecule has 0 spiro atoms. The summed E-state index contributed by atoms with van der Waals surface area (Å²) in [6.45, 7) is 2.13. The minimum Gasteiger partial charge on any atom is -0.462 e. The topological polar surface area (TPSA) is 52.1 Å². The van der Waals surface area contributed by atoms with Crippen molar-refractivity contribution in [2.45, 2.75) is 6.92 Å². The lowest BCUT2D eigenvalue weighted by Gasteiger charge is -2.05. The van der Waals surface area contributed by atoms with Crippen LogP contribution in [0.4, 0.5) is 0 Å². The molecule has 0 aliphatic carbocycles. The third-order valence-electron chi connectivity index (χ3n) is 3.15. The second-order valence-corrected chi connectivity index (χ2v) is 4.58. The van der Waals surface area contributed by atoms with Crippen LogP contribution in [0.25, 0.3) is 22.2 Å². The van der Waals surface area contributed by atoms with Gasteiger partial charge >= 0.3 is 5.97 Å². The van der Waals surface area contributed by atoms with Crippen LogP contribution in [0.5, 0.6) is 0 Å². The van der Waals surface area contributed by atoms with Crippen molar-refractivity contribution in [2.75, 3.05) is 6.61 Å². The Labute approximate surface area is 122 Å². The van der Waals surface area contributed by atoms with Crippen LogP contribution >= 0.6 is 0 Å². The molecule has 0 unspecified atom stereocenters. The minimum absolute atomic E-state index is 0.346.